The van der Waals surface area contributed by atoms with Crippen LogP contribution in [0.15, 0.2) is 109 Å². The van der Waals surface area contributed by atoms with Gasteiger partial charge in [0.25, 0.3) is 0 Å². The molecule has 4 nitrogen and oxygen atoms in total. The van der Waals surface area contributed by atoms with Crippen LogP contribution in [0.2, 0.25) is 0 Å². The van der Waals surface area contributed by atoms with Crippen molar-refractivity contribution < 1.29 is 18.9 Å². The van der Waals surface area contributed by atoms with E-state index >= 15 is 0 Å². The number of benzene rings is 4. The highest BCUT2D eigenvalue weighted by atomic mass is 16.5. The molecule has 0 aliphatic carbocycles. The van der Waals surface area contributed by atoms with Gasteiger partial charge < -0.3 is 18.9 Å². The van der Waals surface area contributed by atoms with Gasteiger partial charge in [0.1, 0.15) is 35.2 Å². The molecule has 0 heterocycles. The zero-order valence-electron chi connectivity index (χ0n) is 21.0. The molecule has 0 aliphatic rings. The molecule has 4 heteroatoms. The van der Waals surface area contributed by atoms with Crippen molar-refractivity contribution in [3.63, 3.8) is 0 Å². The second-order valence-corrected chi connectivity index (χ2v) is 8.84. The minimum atomic E-state index is -0.236. The van der Waals surface area contributed by atoms with Gasteiger partial charge in [-0.25, -0.2) is 0 Å². The summed E-state index contributed by atoms with van der Waals surface area (Å²) in [6.45, 7) is 5.15. The third kappa shape index (κ3) is 8.09. The van der Waals surface area contributed by atoms with E-state index in [-0.39, 0.29) is 12.2 Å². The molecule has 0 radical (unpaired) electrons. The molecule has 4 aromatic rings. The Kier molecular flexibility index (Phi) is 9.26. The molecule has 0 bridgehead atoms. The molecule has 0 aliphatic heterocycles. The zero-order valence-corrected chi connectivity index (χ0v) is 21.0. The Hall–Kier alpha value is -3.92. The molecular formula is C32H34O4. The van der Waals surface area contributed by atoms with Gasteiger partial charge in [-0.3, -0.25) is 0 Å². The molecule has 4 aromatic carbocycles. The summed E-state index contributed by atoms with van der Waals surface area (Å²) in [7, 11) is 0. The smallest absolute Gasteiger partial charge is 0.139 e. The summed E-state index contributed by atoms with van der Waals surface area (Å²) in [4.78, 5) is 0. The molecule has 0 amide bonds. The lowest BCUT2D eigenvalue weighted by Crippen LogP contribution is -2.39. The van der Waals surface area contributed by atoms with E-state index in [1.54, 1.807) is 0 Å². The molecule has 186 valence electrons. The van der Waals surface area contributed by atoms with E-state index in [1.807, 2.05) is 84.9 Å². The summed E-state index contributed by atoms with van der Waals surface area (Å²) in [6, 6.07) is 35.9. The first-order valence-electron chi connectivity index (χ1n) is 12.5. The average molecular weight is 483 g/mol. The number of hydrogen-bond donors (Lipinski definition) is 0. The highest BCUT2D eigenvalue weighted by molar-refractivity contribution is 5.27. The van der Waals surface area contributed by atoms with E-state index in [1.165, 1.54) is 11.1 Å². The highest BCUT2D eigenvalue weighted by Gasteiger charge is 2.26. The lowest BCUT2D eigenvalue weighted by molar-refractivity contribution is 0.0271. The van der Waals surface area contributed by atoms with Crippen LogP contribution in [-0.2, 0) is 0 Å². The van der Waals surface area contributed by atoms with Gasteiger partial charge in [0.15, 0.2) is 0 Å². The fourth-order valence-corrected chi connectivity index (χ4v) is 3.84. The molecule has 0 fully saturated rings. The Morgan fingerprint density at radius 2 is 0.806 bits per heavy atom. The largest absolute Gasteiger partial charge is 0.493 e. The van der Waals surface area contributed by atoms with Crippen molar-refractivity contribution in [2.45, 2.75) is 38.9 Å². The second-order valence-electron chi connectivity index (χ2n) is 8.84. The van der Waals surface area contributed by atoms with Crippen LogP contribution >= 0.6 is 0 Å². The van der Waals surface area contributed by atoms with E-state index in [0.717, 1.165) is 23.0 Å². The number of rotatable bonds is 13. The van der Waals surface area contributed by atoms with E-state index in [4.69, 9.17) is 18.9 Å². The summed E-state index contributed by atoms with van der Waals surface area (Å²) >= 11 is 0. The molecule has 4 rings (SSSR count). The van der Waals surface area contributed by atoms with Gasteiger partial charge in [-0.2, -0.15) is 0 Å². The highest BCUT2D eigenvalue weighted by Crippen LogP contribution is 2.23. The topological polar surface area (TPSA) is 36.9 Å². The molecule has 0 N–H and O–H groups in total. The summed E-state index contributed by atoms with van der Waals surface area (Å²) in [6.07, 6.45) is 0.842. The maximum atomic E-state index is 6.46. The molecule has 2 unspecified atom stereocenters. The second kappa shape index (κ2) is 13.2. The van der Waals surface area contributed by atoms with Crippen LogP contribution < -0.4 is 18.9 Å². The van der Waals surface area contributed by atoms with Crippen LogP contribution in [0.3, 0.4) is 0 Å². The van der Waals surface area contributed by atoms with Crippen LogP contribution in [0.4, 0.5) is 0 Å². The van der Waals surface area contributed by atoms with Crippen LogP contribution in [0.1, 0.15) is 24.0 Å². The van der Waals surface area contributed by atoms with Gasteiger partial charge in [0.05, 0.1) is 13.2 Å². The lowest BCUT2D eigenvalue weighted by Gasteiger charge is -2.29. The predicted octanol–water partition coefficient (Wildman–Crippen LogP) is 7.44. The monoisotopic (exact) mass is 482 g/mol. The van der Waals surface area contributed by atoms with E-state index < -0.39 is 0 Å². The van der Waals surface area contributed by atoms with Crippen LogP contribution in [0.25, 0.3) is 0 Å². The van der Waals surface area contributed by atoms with Gasteiger partial charge in [-0.05, 0) is 62.4 Å². The molecular weight excluding hydrogens is 448 g/mol. The summed E-state index contributed by atoms with van der Waals surface area (Å²) < 4.78 is 25.0. The molecule has 0 saturated carbocycles. The number of hydrogen-bond acceptors (Lipinski definition) is 4. The van der Waals surface area contributed by atoms with Crippen molar-refractivity contribution in [1.82, 2.24) is 0 Å². The quantitative estimate of drug-likeness (QED) is 0.198. The normalized spacial score (nSPS) is 12.4. The van der Waals surface area contributed by atoms with Crippen molar-refractivity contribution >= 4 is 0 Å². The first-order valence-corrected chi connectivity index (χ1v) is 12.5. The fourth-order valence-electron chi connectivity index (χ4n) is 3.84. The molecule has 0 saturated heterocycles. The maximum absolute atomic E-state index is 6.46. The maximum Gasteiger partial charge on any atom is 0.139 e. The fraction of sp³-hybridized carbons (Fsp3) is 0.250. The third-order valence-electron chi connectivity index (χ3n) is 5.86. The standard InChI is InChI=1S/C32H34O4/c1-25-13-17-27(18-14-25)33-23-21-31(35-29-9-5-3-6-10-29)32(36-30-11-7-4-8-12-30)22-24-34-28-19-15-26(2)16-20-28/h3-20,31-32H,21-24H2,1-2H3. The van der Waals surface area contributed by atoms with Gasteiger partial charge in [0, 0.05) is 12.8 Å². The third-order valence-corrected chi connectivity index (χ3v) is 5.86. The molecule has 36 heavy (non-hydrogen) atoms. The first kappa shape index (κ1) is 25.2. The SMILES string of the molecule is Cc1ccc(OCCC(Oc2ccccc2)C(CCOc2ccc(C)cc2)Oc2ccccc2)cc1. The molecule has 0 spiro atoms. The minimum Gasteiger partial charge on any atom is -0.493 e. The van der Waals surface area contributed by atoms with Crippen molar-refractivity contribution in [2.24, 2.45) is 0 Å². The van der Waals surface area contributed by atoms with E-state index in [2.05, 4.69) is 38.1 Å². The van der Waals surface area contributed by atoms with Crippen molar-refractivity contribution in [3.8, 4) is 23.0 Å². The summed E-state index contributed by atoms with van der Waals surface area (Å²) in [5.74, 6) is 3.31. The Morgan fingerprint density at radius 3 is 1.17 bits per heavy atom. The Labute approximate surface area is 214 Å². The Morgan fingerprint density at radius 1 is 0.444 bits per heavy atom. The number of ether oxygens (including phenoxy) is 4. The average Bonchev–Trinajstić information content (AvgIpc) is 2.91. The van der Waals surface area contributed by atoms with Crippen molar-refractivity contribution in [3.05, 3.63) is 120 Å². The van der Waals surface area contributed by atoms with Crippen LogP contribution in [0.5, 0.6) is 23.0 Å². The summed E-state index contributed by atoms with van der Waals surface area (Å²) in [5.41, 5.74) is 2.41. The molecule has 0 aromatic heterocycles. The Bertz CT molecular complexity index is 1050. The van der Waals surface area contributed by atoms with Crippen molar-refractivity contribution in [1.29, 1.82) is 0 Å². The number of para-hydroxylation sites is 2. The van der Waals surface area contributed by atoms with Crippen molar-refractivity contribution in [2.75, 3.05) is 13.2 Å². The lowest BCUT2D eigenvalue weighted by atomic mass is 10.1. The Balaban J connectivity index is 1.47. The van der Waals surface area contributed by atoms with Crippen LogP contribution in [-0.4, -0.2) is 25.4 Å². The molecule has 2 atom stereocenters. The van der Waals surface area contributed by atoms with Crippen LogP contribution in [0, 0.1) is 13.8 Å². The van der Waals surface area contributed by atoms with Gasteiger partial charge >= 0.3 is 0 Å². The van der Waals surface area contributed by atoms with E-state index in [0.29, 0.717) is 26.1 Å². The van der Waals surface area contributed by atoms with Gasteiger partial charge in [0.2, 0.25) is 0 Å². The number of aryl methyl sites for hydroxylation is 2. The first-order chi connectivity index (χ1) is 17.7. The minimum absolute atomic E-state index is 0.236. The van der Waals surface area contributed by atoms with Gasteiger partial charge in [-0.15, -0.1) is 0 Å². The van der Waals surface area contributed by atoms with Gasteiger partial charge in [-0.1, -0.05) is 71.8 Å². The predicted molar refractivity (Wildman–Crippen MR) is 144 cm³/mol. The summed E-state index contributed by atoms with van der Waals surface area (Å²) in [5, 5.41) is 0. The zero-order chi connectivity index (χ0) is 25.0. The van der Waals surface area contributed by atoms with E-state index in [9.17, 15) is 0 Å².